The first-order valence-electron chi connectivity index (χ1n) is 9.46. The fourth-order valence-corrected chi connectivity index (χ4v) is 4.31. The molecule has 0 atom stereocenters. The van der Waals surface area contributed by atoms with E-state index in [0.29, 0.717) is 17.8 Å². The van der Waals surface area contributed by atoms with Crippen LogP contribution in [0.5, 0.6) is 0 Å². The molecule has 1 fully saturated rings. The highest BCUT2D eigenvalue weighted by Gasteiger charge is 2.65. The fourth-order valence-electron chi connectivity index (χ4n) is 3.63. The molecule has 30 heavy (non-hydrogen) atoms. The van der Waals surface area contributed by atoms with Gasteiger partial charge in [0.05, 0.1) is 5.69 Å². The topological polar surface area (TPSA) is 11.4 Å². The molecule has 3 nitrogen and oxygen atoms in total. The van der Waals surface area contributed by atoms with E-state index >= 15 is 0 Å². The quantitative estimate of drug-likeness (QED) is 0.424. The summed E-state index contributed by atoms with van der Waals surface area (Å²) in [5, 5.41) is 0. The molecular formula is C21H22F5N3S. The van der Waals surface area contributed by atoms with Gasteiger partial charge in [-0.1, -0.05) is 31.6 Å². The van der Waals surface area contributed by atoms with Crippen molar-refractivity contribution in [3.63, 3.8) is 0 Å². The van der Waals surface area contributed by atoms with Crippen molar-refractivity contribution in [2.45, 2.75) is 4.90 Å². The van der Waals surface area contributed by atoms with E-state index in [1.54, 1.807) is 22.9 Å². The molecule has 3 aromatic rings. The third-order valence-electron chi connectivity index (χ3n) is 5.32. The molecule has 0 radical (unpaired) electrons. The van der Waals surface area contributed by atoms with Crippen LogP contribution in [-0.2, 0) is 0 Å². The summed E-state index contributed by atoms with van der Waals surface area (Å²) in [6, 6.07) is 14.3. The molecule has 1 aliphatic rings. The molecular weight excluding hydrogens is 421 g/mol. The van der Waals surface area contributed by atoms with E-state index in [1.165, 1.54) is 6.07 Å². The van der Waals surface area contributed by atoms with Crippen molar-refractivity contribution < 1.29 is 19.4 Å². The van der Waals surface area contributed by atoms with Crippen molar-refractivity contribution in [3.8, 4) is 16.9 Å². The van der Waals surface area contributed by atoms with E-state index in [9.17, 15) is 19.4 Å². The van der Waals surface area contributed by atoms with Gasteiger partial charge in [0.15, 0.2) is 0 Å². The minimum atomic E-state index is -9.74. The Morgan fingerprint density at radius 1 is 0.733 bits per heavy atom. The molecule has 2 aromatic carbocycles. The Labute approximate surface area is 172 Å². The molecule has 4 rings (SSSR count). The lowest BCUT2D eigenvalue weighted by Crippen LogP contribution is -2.44. The van der Waals surface area contributed by atoms with Gasteiger partial charge in [-0.3, -0.25) is 0 Å². The lowest BCUT2D eigenvalue weighted by Gasteiger charge is -2.40. The highest BCUT2D eigenvalue weighted by molar-refractivity contribution is 8.45. The van der Waals surface area contributed by atoms with E-state index in [2.05, 4.69) is 16.8 Å². The van der Waals surface area contributed by atoms with Crippen molar-refractivity contribution in [1.82, 2.24) is 9.47 Å². The van der Waals surface area contributed by atoms with Crippen LogP contribution in [0, 0.1) is 0 Å². The molecule has 1 saturated heterocycles. The SMILES string of the molecule is CN1CCN(c2ccc(-n3cccc3-c3cccc(S(F)(F)(F)(F)F)c3)cc2)CC1. The van der Waals surface area contributed by atoms with Crippen LogP contribution in [0.1, 0.15) is 0 Å². The maximum atomic E-state index is 13.2. The largest absolute Gasteiger partial charge is 0.369 e. The highest BCUT2D eigenvalue weighted by atomic mass is 32.5. The zero-order valence-electron chi connectivity index (χ0n) is 16.3. The van der Waals surface area contributed by atoms with Crippen molar-refractivity contribution in [2.75, 3.05) is 38.1 Å². The molecule has 0 saturated carbocycles. The molecule has 0 bridgehead atoms. The Morgan fingerprint density at radius 2 is 1.37 bits per heavy atom. The molecule has 2 heterocycles. The lowest BCUT2D eigenvalue weighted by molar-refractivity contribution is 0.313. The number of hydrogen-bond acceptors (Lipinski definition) is 2. The average Bonchev–Trinajstić information content (AvgIpc) is 3.17. The standard InChI is InChI=1S/C21H22F5N3S/c1-27-12-14-28(15-13-27)18-7-9-19(10-8-18)29-11-3-6-21(29)17-4-2-5-20(16-17)30(22,23,24,25)26/h2-11,16H,12-15H2,1H3. The van der Waals surface area contributed by atoms with Gasteiger partial charge >= 0.3 is 10.2 Å². The van der Waals surface area contributed by atoms with Gasteiger partial charge in [0.1, 0.15) is 4.90 Å². The Hall–Kier alpha value is -2.52. The first-order valence-corrected chi connectivity index (χ1v) is 11.4. The van der Waals surface area contributed by atoms with E-state index in [4.69, 9.17) is 0 Å². The molecule has 0 aliphatic carbocycles. The lowest BCUT2D eigenvalue weighted by atomic mass is 10.1. The summed E-state index contributed by atoms with van der Waals surface area (Å²) in [5.74, 6) is 0. The summed E-state index contributed by atoms with van der Waals surface area (Å²) in [5.41, 5.74) is 2.30. The normalized spacial score (nSPS) is 18.1. The van der Waals surface area contributed by atoms with E-state index in [0.717, 1.165) is 43.6 Å². The van der Waals surface area contributed by atoms with E-state index in [1.807, 2.05) is 24.3 Å². The van der Waals surface area contributed by atoms with Gasteiger partial charge in [-0.2, -0.15) is 0 Å². The molecule has 0 amide bonds. The minimum Gasteiger partial charge on any atom is -0.369 e. The van der Waals surface area contributed by atoms with Crippen LogP contribution in [-0.4, -0.2) is 42.7 Å². The third kappa shape index (κ3) is 4.32. The maximum absolute atomic E-state index is 13.2. The van der Waals surface area contributed by atoms with Crippen LogP contribution >= 0.6 is 10.2 Å². The Kier molecular flexibility index (Phi) is 4.48. The monoisotopic (exact) mass is 443 g/mol. The Morgan fingerprint density at radius 3 is 2.00 bits per heavy atom. The van der Waals surface area contributed by atoms with Crippen LogP contribution in [0.4, 0.5) is 25.1 Å². The summed E-state index contributed by atoms with van der Waals surface area (Å²) in [4.78, 5) is 2.65. The van der Waals surface area contributed by atoms with Gasteiger partial charge in [0.25, 0.3) is 0 Å². The maximum Gasteiger partial charge on any atom is 0.310 e. The second-order valence-corrected chi connectivity index (χ2v) is 9.98. The third-order valence-corrected chi connectivity index (χ3v) is 6.47. The first kappa shape index (κ1) is 20.7. The van der Waals surface area contributed by atoms with Crippen molar-refractivity contribution in [3.05, 3.63) is 66.9 Å². The summed E-state index contributed by atoms with van der Waals surface area (Å²) in [7, 11) is -7.66. The van der Waals surface area contributed by atoms with Gasteiger partial charge in [0.2, 0.25) is 0 Å². The average molecular weight is 443 g/mol. The zero-order chi connectivity index (χ0) is 21.6. The Balaban J connectivity index is 1.65. The van der Waals surface area contributed by atoms with E-state index < -0.39 is 15.1 Å². The highest BCUT2D eigenvalue weighted by Crippen LogP contribution is 3.02. The number of hydrogen-bond donors (Lipinski definition) is 0. The number of rotatable bonds is 4. The molecule has 0 N–H and O–H groups in total. The number of piperazine rings is 1. The molecule has 162 valence electrons. The number of benzene rings is 2. The number of halogens is 5. The van der Waals surface area contributed by atoms with Crippen LogP contribution in [0.15, 0.2) is 71.8 Å². The van der Waals surface area contributed by atoms with Gasteiger partial charge in [-0.15, -0.1) is 0 Å². The van der Waals surface area contributed by atoms with Crippen molar-refractivity contribution in [2.24, 2.45) is 0 Å². The molecule has 0 spiro atoms. The Bertz CT molecular complexity index is 1050. The zero-order valence-corrected chi connectivity index (χ0v) is 17.1. The molecule has 0 unspecified atom stereocenters. The van der Waals surface area contributed by atoms with Crippen LogP contribution in [0.3, 0.4) is 0 Å². The van der Waals surface area contributed by atoms with Crippen LogP contribution in [0.25, 0.3) is 16.9 Å². The summed E-state index contributed by atoms with van der Waals surface area (Å²) >= 11 is 0. The van der Waals surface area contributed by atoms with Crippen molar-refractivity contribution >= 4 is 15.9 Å². The fraction of sp³-hybridized carbons (Fsp3) is 0.238. The summed E-state index contributed by atoms with van der Waals surface area (Å²) in [6.07, 6.45) is 1.70. The number of aromatic nitrogens is 1. The first-order chi connectivity index (χ1) is 13.9. The number of anilines is 1. The van der Waals surface area contributed by atoms with Gasteiger partial charge in [-0.05, 0) is 61.1 Å². The van der Waals surface area contributed by atoms with E-state index in [-0.39, 0.29) is 5.56 Å². The summed E-state index contributed by atoms with van der Waals surface area (Å²) in [6.45, 7) is 3.80. The summed E-state index contributed by atoms with van der Waals surface area (Å²) < 4.78 is 67.8. The second kappa shape index (κ2) is 6.49. The van der Waals surface area contributed by atoms with Gasteiger partial charge in [-0.25, -0.2) is 0 Å². The molecule has 1 aromatic heterocycles. The second-order valence-electron chi connectivity index (χ2n) is 7.57. The molecule has 1 aliphatic heterocycles. The predicted octanol–water partition coefficient (Wildman–Crippen LogP) is 6.55. The van der Waals surface area contributed by atoms with Crippen molar-refractivity contribution in [1.29, 1.82) is 0 Å². The van der Waals surface area contributed by atoms with Gasteiger partial charge < -0.3 is 14.4 Å². The van der Waals surface area contributed by atoms with Crippen LogP contribution in [0.2, 0.25) is 0 Å². The predicted molar refractivity (Wildman–Crippen MR) is 112 cm³/mol. The molecule has 9 heteroatoms. The smallest absolute Gasteiger partial charge is 0.310 e. The van der Waals surface area contributed by atoms with Gasteiger partial charge in [0, 0.05) is 43.8 Å². The number of nitrogens with zero attached hydrogens (tertiary/aromatic N) is 3. The van der Waals surface area contributed by atoms with Crippen LogP contribution < -0.4 is 4.90 Å². The minimum absolute atomic E-state index is 0.0777. The number of likely N-dealkylation sites (N-methyl/N-ethyl adjacent to an activating group) is 1.